The van der Waals surface area contributed by atoms with Crippen molar-refractivity contribution in [2.75, 3.05) is 31.1 Å². The fourth-order valence-electron chi connectivity index (χ4n) is 2.67. The van der Waals surface area contributed by atoms with E-state index in [0.29, 0.717) is 24.4 Å². The number of nitrogens with zero attached hydrogens (tertiary/aromatic N) is 3. The van der Waals surface area contributed by atoms with E-state index in [1.165, 1.54) is 10.5 Å². The monoisotopic (exact) mass is 312 g/mol. The van der Waals surface area contributed by atoms with Gasteiger partial charge in [-0.25, -0.2) is 4.98 Å². The summed E-state index contributed by atoms with van der Waals surface area (Å²) in [6, 6.07) is 1.22. The molecule has 3 heterocycles. The molecule has 0 spiro atoms. The molecule has 0 radical (unpaired) electrons. The standard InChI is InChI=1S/C15H19F3N4/c1-10(2)12-9-22-8-11(15(16,17)18)7-13(14(22)20-12)21-5-3-19-4-6-21/h7-10,19H,3-6H2,1-2H3. The first kappa shape index (κ1) is 15.1. The zero-order valence-corrected chi connectivity index (χ0v) is 12.6. The zero-order chi connectivity index (χ0) is 15.9. The van der Waals surface area contributed by atoms with Crippen LogP contribution in [0.3, 0.4) is 0 Å². The van der Waals surface area contributed by atoms with Crippen molar-refractivity contribution in [2.24, 2.45) is 0 Å². The van der Waals surface area contributed by atoms with E-state index in [2.05, 4.69) is 10.3 Å². The van der Waals surface area contributed by atoms with Gasteiger partial charge in [-0.2, -0.15) is 13.2 Å². The van der Waals surface area contributed by atoms with Crippen molar-refractivity contribution in [1.82, 2.24) is 14.7 Å². The molecule has 1 saturated heterocycles. The van der Waals surface area contributed by atoms with E-state index in [0.717, 1.165) is 25.0 Å². The topological polar surface area (TPSA) is 32.6 Å². The lowest BCUT2D eigenvalue weighted by atomic mass is 10.2. The van der Waals surface area contributed by atoms with E-state index in [4.69, 9.17) is 0 Å². The SMILES string of the molecule is CC(C)c1cn2cc(C(F)(F)F)cc(N3CCNCC3)c2n1. The Bertz CT molecular complexity index is 669. The quantitative estimate of drug-likeness (QED) is 0.925. The molecule has 4 nitrogen and oxygen atoms in total. The molecule has 0 atom stereocenters. The Morgan fingerprint density at radius 2 is 1.86 bits per heavy atom. The van der Waals surface area contributed by atoms with Crippen LogP contribution < -0.4 is 10.2 Å². The van der Waals surface area contributed by atoms with Crippen molar-refractivity contribution in [3.63, 3.8) is 0 Å². The molecule has 0 saturated carbocycles. The van der Waals surface area contributed by atoms with Crippen LogP contribution in [0.25, 0.3) is 5.65 Å². The summed E-state index contributed by atoms with van der Waals surface area (Å²) >= 11 is 0. The van der Waals surface area contributed by atoms with Crippen molar-refractivity contribution >= 4 is 11.3 Å². The van der Waals surface area contributed by atoms with Crippen LogP contribution in [-0.4, -0.2) is 35.6 Å². The van der Waals surface area contributed by atoms with Crippen molar-refractivity contribution in [1.29, 1.82) is 0 Å². The highest BCUT2D eigenvalue weighted by Gasteiger charge is 2.33. The van der Waals surface area contributed by atoms with Crippen LogP contribution in [0.15, 0.2) is 18.5 Å². The average Bonchev–Trinajstić information content (AvgIpc) is 2.90. The van der Waals surface area contributed by atoms with E-state index >= 15 is 0 Å². The summed E-state index contributed by atoms with van der Waals surface area (Å²) in [7, 11) is 0. The van der Waals surface area contributed by atoms with E-state index in [9.17, 15) is 13.2 Å². The molecule has 0 amide bonds. The van der Waals surface area contributed by atoms with Crippen LogP contribution in [0.4, 0.5) is 18.9 Å². The largest absolute Gasteiger partial charge is 0.417 e. The normalized spacial score (nSPS) is 16.7. The van der Waals surface area contributed by atoms with Gasteiger partial charge in [-0.15, -0.1) is 0 Å². The number of piperazine rings is 1. The predicted octanol–water partition coefficient (Wildman–Crippen LogP) is 2.89. The first-order valence-corrected chi connectivity index (χ1v) is 7.42. The zero-order valence-electron chi connectivity index (χ0n) is 12.6. The Labute approximate surface area is 126 Å². The van der Waals surface area contributed by atoms with Crippen LogP contribution in [0.2, 0.25) is 0 Å². The molecule has 0 aromatic carbocycles. The lowest BCUT2D eigenvalue weighted by Gasteiger charge is -2.30. The first-order chi connectivity index (χ1) is 10.4. The van der Waals surface area contributed by atoms with Gasteiger partial charge in [0.15, 0.2) is 5.65 Å². The van der Waals surface area contributed by atoms with Gasteiger partial charge in [0.05, 0.1) is 16.9 Å². The maximum Gasteiger partial charge on any atom is 0.417 e. The number of alkyl halides is 3. The Balaban J connectivity index is 2.17. The average molecular weight is 312 g/mol. The minimum absolute atomic E-state index is 0.171. The number of hydrogen-bond acceptors (Lipinski definition) is 3. The molecule has 22 heavy (non-hydrogen) atoms. The third kappa shape index (κ3) is 2.77. The number of hydrogen-bond donors (Lipinski definition) is 1. The lowest BCUT2D eigenvalue weighted by Crippen LogP contribution is -2.43. The minimum Gasteiger partial charge on any atom is -0.366 e. The summed E-state index contributed by atoms with van der Waals surface area (Å²) in [5, 5.41) is 3.21. The van der Waals surface area contributed by atoms with Gasteiger partial charge >= 0.3 is 6.18 Å². The molecule has 1 N–H and O–H groups in total. The van der Waals surface area contributed by atoms with Crippen LogP contribution >= 0.6 is 0 Å². The Morgan fingerprint density at radius 3 is 2.45 bits per heavy atom. The van der Waals surface area contributed by atoms with E-state index < -0.39 is 11.7 Å². The number of halogens is 3. The number of pyridine rings is 1. The third-order valence-corrected chi connectivity index (χ3v) is 3.93. The highest BCUT2D eigenvalue weighted by Crippen LogP contribution is 2.34. The fraction of sp³-hybridized carbons (Fsp3) is 0.533. The summed E-state index contributed by atoms with van der Waals surface area (Å²) in [4.78, 5) is 6.51. The number of aromatic nitrogens is 2. The molecule has 2 aromatic rings. The van der Waals surface area contributed by atoms with Crippen LogP contribution in [0, 0.1) is 0 Å². The molecular formula is C15H19F3N4. The van der Waals surface area contributed by atoms with Crippen molar-refractivity contribution < 1.29 is 13.2 Å². The van der Waals surface area contributed by atoms with Crippen molar-refractivity contribution in [3.05, 3.63) is 29.7 Å². The van der Waals surface area contributed by atoms with Crippen LogP contribution in [-0.2, 0) is 6.18 Å². The van der Waals surface area contributed by atoms with Crippen LogP contribution in [0.1, 0.15) is 31.0 Å². The molecule has 0 unspecified atom stereocenters. The second-order valence-corrected chi connectivity index (χ2v) is 5.90. The van der Waals surface area contributed by atoms with Crippen LogP contribution in [0.5, 0.6) is 0 Å². The molecular weight excluding hydrogens is 293 g/mol. The lowest BCUT2D eigenvalue weighted by molar-refractivity contribution is -0.137. The maximum atomic E-state index is 13.2. The molecule has 120 valence electrons. The van der Waals surface area contributed by atoms with Crippen molar-refractivity contribution in [3.8, 4) is 0 Å². The molecule has 1 aliphatic rings. The summed E-state index contributed by atoms with van der Waals surface area (Å²) in [6.45, 7) is 6.86. The number of anilines is 1. The van der Waals surface area contributed by atoms with Gasteiger partial charge in [0, 0.05) is 38.6 Å². The molecule has 1 fully saturated rings. The smallest absolute Gasteiger partial charge is 0.366 e. The van der Waals surface area contributed by atoms with Gasteiger partial charge in [0.2, 0.25) is 0 Å². The number of rotatable bonds is 2. The summed E-state index contributed by atoms with van der Waals surface area (Å²) < 4.78 is 41.0. The van der Waals surface area contributed by atoms with Crippen molar-refractivity contribution in [2.45, 2.75) is 25.9 Å². The van der Waals surface area contributed by atoms with E-state index in [1.807, 2.05) is 18.7 Å². The Hall–Kier alpha value is -1.76. The van der Waals surface area contributed by atoms with E-state index in [-0.39, 0.29) is 5.92 Å². The first-order valence-electron chi connectivity index (χ1n) is 7.42. The van der Waals surface area contributed by atoms with Gasteiger partial charge in [0.25, 0.3) is 0 Å². The predicted molar refractivity (Wildman–Crippen MR) is 79.4 cm³/mol. The van der Waals surface area contributed by atoms with Gasteiger partial charge in [-0.1, -0.05) is 13.8 Å². The highest BCUT2D eigenvalue weighted by molar-refractivity contribution is 5.71. The molecule has 7 heteroatoms. The molecule has 3 rings (SSSR count). The number of nitrogens with one attached hydrogen (secondary N) is 1. The van der Waals surface area contributed by atoms with Gasteiger partial charge < -0.3 is 14.6 Å². The molecule has 1 aliphatic heterocycles. The fourth-order valence-corrected chi connectivity index (χ4v) is 2.67. The molecule has 2 aromatic heterocycles. The Kier molecular flexibility index (Phi) is 3.76. The van der Waals surface area contributed by atoms with Gasteiger partial charge in [-0.05, 0) is 12.0 Å². The summed E-state index contributed by atoms with van der Waals surface area (Å²) in [6.07, 6.45) is -1.54. The molecule has 0 bridgehead atoms. The number of fused-ring (bicyclic) bond motifs is 1. The summed E-state index contributed by atoms with van der Waals surface area (Å²) in [5.74, 6) is 0.171. The second-order valence-electron chi connectivity index (χ2n) is 5.90. The maximum absolute atomic E-state index is 13.2. The Morgan fingerprint density at radius 1 is 1.18 bits per heavy atom. The summed E-state index contributed by atoms with van der Waals surface area (Å²) in [5.41, 5.74) is 1.32. The van der Waals surface area contributed by atoms with Gasteiger partial charge in [-0.3, -0.25) is 0 Å². The number of imidazole rings is 1. The second kappa shape index (κ2) is 5.46. The highest BCUT2D eigenvalue weighted by atomic mass is 19.4. The third-order valence-electron chi connectivity index (χ3n) is 3.93. The minimum atomic E-state index is -4.36. The molecule has 0 aliphatic carbocycles. The van der Waals surface area contributed by atoms with Gasteiger partial charge in [0.1, 0.15) is 0 Å². The van der Waals surface area contributed by atoms with E-state index in [1.54, 1.807) is 6.20 Å².